The molecule has 0 radical (unpaired) electrons. The van der Waals surface area contributed by atoms with E-state index in [0.717, 1.165) is 17.7 Å². The summed E-state index contributed by atoms with van der Waals surface area (Å²) in [4.78, 5) is 25.2. The molecule has 1 heterocycles. The molecule has 2 aromatic rings. The monoisotopic (exact) mass is 376 g/mol. The molecule has 1 aromatic heterocycles. The molecule has 0 aliphatic rings. The van der Waals surface area contributed by atoms with Gasteiger partial charge in [0.05, 0.1) is 13.7 Å². The van der Waals surface area contributed by atoms with Gasteiger partial charge in [-0.15, -0.1) is 11.3 Å². The molecule has 1 aromatic carbocycles. The average Bonchev–Trinajstić information content (AvgIpc) is 3.18. The molecule has 7 heteroatoms. The summed E-state index contributed by atoms with van der Waals surface area (Å²) in [5, 5.41) is 1.97. The number of hydrogen-bond donors (Lipinski definition) is 2. The number of ether oxygens (including phenoxy) is 2. The highest BCUT2D eigenvalue weighted by molar-refractivity contribution is 7.09. The molecule has 26 heavy (non-hydrogen) atoms. The number of benzene rings is 1. The van der Waals surface area contributed by atoms with Crippen LogP contribution in [0.15, 0.2) is 35.7 Å². The summed E-state index contributed by atoms with van der Waals surface area (Å²) in [6.07, 6.45) is 2.95. The summed E-state index contributed by atoms with van der Waals surface area (Å²) in [5.41, 5.74) is 5.23. The van der Waals surface area contributed by atoms with Gasteiger partial charge in [-0.1, -0.05) is 19.4 Å². The van der Waals surface area contributed by atoms with Crippen LogP contribution < -0.4 is 20.3 Å². The Hall–Kier alpha value is -2.54. The SMILES string of the molecule is CCCCOc1ccc(C(=O)NNC(=O)CCc2cccs2)cc1OC. The average molecular weight is 376 g/mol. The number of nitrogens with one attached hydrogen (secondary N) is 2. The minimum Gasteiger partial charge on any atom is -0.493 e. The van der Waals surface area contributed by atoms with E-state index in [1.807, 2.05) is 17.5 Å². The van der Waals surface area contributed by atoms with Crippen molar-refractivity contribution < 1.29 is 19.1 Å². The van der Waals surface area contributed by atoms with Gasteiger partial charge < -0.3 is 9.47 Å². The minimum absolute atomic E-state index is 0.238. The van der Waals surface area contributed by atoms with Crippen molar-refractivity contribution in [2.75, 3.05) is 13.7 Å². The highest BCUT2D eigenvalue weighted by Gasteiger charge is 2.12. The van der Waals surface area contributed by atoms with E-state index in [0.29, 0.717) is 36.5 Å². The Morgan fingerprint density at radius 2 is 2.00 bits per heavy atom. The van der Waals surface area contributed by atoms with Crippen molar-refractivity contribution in [3.63, 3.8) is 0 Å². The molecule has 140 valence electrons. The van der Waals surface area contributed by atoms with Gasteiger partial charge in [0, 0.05) is 16.9 Å². The third-order valence-electron chi connectivity index (χ3n) is 3.68. The quantitative estimate of drug-likeness (QED) is 0.520. The first kappa shape index (κ1) is 19.8. The maximum Gasteiger partial charge on any atom is 0.269 e. The van der Waals surface area contributed by atoms with Crippen molar-refractivity contribution in [3.8, 4) is 11.5 Å². The molecule has 0 bridgehead atoms. The molecular weight excluding hydrogens is 352 g/mol. The van der Waals surface area contributed by atoms with Gasteiger partial charge in [0.25, 0.3) is 5.91 Å². The van der Waals surface area contributed by atoms with Crippen LogP contribution in [0, 0.1) is 0 Å². The van der Waals surface area contributed by atoms with E-state index in [4.69, 9.17) is 9.47 Å². The molecule has 0 aliphatic carbocycles. The summed E-state index contributed by atoms with van der Waals surface area (Å²) in [5.74, 6) is 0.432. The summed E-state index contributed by atoms with van der Waals surface area (Å²) < 4.78 is 10.9. The lowest BCUT2D eigenvalue weighted by Crippen LogP contribution is -2.41. The standard InChI is InChI=1S/C19H24N2O4S/c1-3-4-11-25-16-9-7-14(13-17(16)24-2)19(23)21-20-18(22)10-8-15-6-5-12-26-15/h5-7,9,12-13H,3-4,8,10-11H2,1-2H3,(H,20,22)(H,21,23). The number of aryl methyl sites for hydroxylation is 1. The molecule has 0 fully saturated rings. The van der Waals surface area contributed by atoms with Gasteiger partial charge in [0.2, 0.25) is 5.91 Å². The predicted octanol–water partition coefficient (Wildman–Crippen LogP) is 3.33. The molecule has 2 N–H and O–H groups in total. The number of unbranched alkanes of at least 4 members (excludes halogenated alkanes) is 1. The van der Waals surface area contributed by atoms with Crippen LogP contribution in [0.2, 0.25) is 0 Å². The van der Waals surface area contributed by atoms with Crippen molar-refractivity contribution >= 4 is 23.2 Å². The Morgan fingerprint density at radius 3 is 2.69 bits per heavy atom. The zero-order valence-electron chi connectivity index (χ0n) is 15.0. The predicted molar refractivity (Wildman–Crippen MR) is 102 cm³/mol. The second-order valence-electron chi connectivity index (χ2n) is 5.65. The fourth-order valence-electron chi connectivity index (χ4n) is 2.21. The van der Waals surface area contributed by atoms with E-state index in [9.17, 15) is 9.59 Å². The van der Waals surface area contributed by atoms with Gasteiger partial charge in [-0.05, 0) is 42.5 Å². The number of carbonyl (C=O) groups is 2. The van der Waals surface area contributed by atoms with Gasteiger partial charge in [-0.25, -0.2) is 0 Å². The first-order valence-electron chi connectivity index (χ1n) is 8.56. The van der Waals surface area contributed by atoms with E-state index in [1.165, 1.54) is 7.11 Å². The fraction of sp³-hybridized carbons (Fsp3) is 0.368. The molecule has 0 saturated carbocycles. The summed E-state index contributed by atoms with van der Waals surface area (Å²) >= 11 is 1.61. The zero-order chi connectivity index (χ0) is 18.8. The highest BCUT2D eigenvalue weighted by Crippen LogP contribution is 2.28. The molecule has 0 aliphatic heterocycles. The lowest BCUT2D eigenvalue weighted by molar-refractivity contribution is -0.121. The summed E-state index contributed by atoms with van der Waals surface area (Å²) in [6.45, 7) is 2.68. The number of methoxy groups -OCH3 is 1. The lowest BCUT2D eigenvalue weighted by Gasteiger charge is -2.12. The molecule has 0 unspecified atom stereocenters. The Labute approximate surface area is 157 Å². The number of rotatable bonds is 9. The second kappa shape index (κ2) is 10.5. The fourth-order valence-corrected chi connectivity index (χ4v) is 2.92. The van der Waals surface area contributed by atoms with Crippen LogP contribution in [0.5, 0.6) is 11.5 Å². The van der Waals surface area contributed by atoms with E-state index < -0.39 is 5.91 Å². The van der Waals surface area contributed by atoms with E-state index in [1.54, 1.807) is 29.5 Å². The van der Waals surface area contributed by atoms with Gasteiger partial charge in [0.1, 0.15) is 0 Å². The number of amides is 2. The normalized spacial score (nSPS) is 10.2. The van der Waals surface area contributed by atoms with Crippen LogP contribution >= 0.6 is 11.3 Å². The summed E-state index contributed by atoms with van der Waals surface area (Å²) in [7, 11) is 1.52. The van der Waals surface area contributed by atoms with Gasteiger partial charge in [-0.3, -0.25) is 20.4 Å². The lowest BCUT2D eigenvalue weighted by atomic mass is 10.2. The minimum atomic E-state index is -0.409. The Kier molecular flexibility index (Phi) is 7.95. The van der Waals surface area contributed by atoms with Gasteiger partial charge >= 0.3 is 0 Å². The number of thiophene rings is 1. The maximum absolute atomic E-state index is 12.2. The largest absolute Gasteiger partial charge is 0.493 e. The molecule has 2 amide bonds. The molecule has 2 rings (SSSR count). The van der Waals surface area contributed by atoms with Crippen LogP contribution in [0.4, 0.5) is 0 Å². The van der Waals surface area contributed by atoms with E-state index in [2.05, 4.69) is 17.8 Å². The number of carbonyl (C=O) groups excluding carboxylic acids is 2. The van der Waals surface area contributed by atoms with Crippen molar-refractivity contribution in [2.24, 2.45) is 0 Å². The smallest absolute Gasteiger partial charge is 0.269 e. The van der Waals surface area contributed by atoms with Crippen LogP contribution in [-0.4, -0.2) is 25.5 Å². The second-order valence-corrected chi connectivity index (χ2v) is 6.68. The maximum atomic E-state index is 12.2. The molecule has 6 nitrogen and oxygen atoms in total. The van der Waals surface area contributed by atoms with E-state index >= 15 is 0 Å². The number of hydrazine groups is 1. The zero-order valence-corrected chi connectivity index (χ0v) is 15.9. The third kappa shape index (κ3) is 6.07. The Balaban J connectivity index is 1.85. The van der Waals surface area contributed by atoms with E-state index in [-0.39, 0.29) is 5.91 Å². The van der Waals surface area contributed by atoms with Gasteiger partial charge in [0.15, 0.2) is 11.5 Å². The summed E-state index contributed by atoms with van der Waals surface area (Å²) in [6, 6.07) is 8.85. The highest BCUT2D eigenvalue weighted by atomic mass is 32.1. The van der Waals surface area contributed by atoms with Crippen molar-refractivity contribution in [1.29, 1.82) is 0 Å². The Bertz CT molecular complexity index is 716. The van der Waals surface area contributed by atoms with Crippen molar-refractivity contribution in [1.82, 2.24) is 10.9 Å². The van der Waals surface area contributed by atoms with Gasteiger partial charge in [-0.2, -0.15) is 0 Å². The van der Waals surface area contributed by atoms with Crippen LogP contribution in [-0.2, 0) is 11.2 Å². The van der Waals surface area contributed by atoms with Crippen molar-refractivity contribution in [2.45, 2.75) is 32.6 Å². The van der Waals surface area contributed by atoms with Crippen LogP contribution in [0.1, 0.15) is 41.4 Å². The Morgan fingerprint density at radius 1 is 1.15 bits per heavy atom. The van der Waals surface area contributed by atoms with Crippen LogP contribution in [0.25, 0.3) is 0 Å². The first-order chi connectivity index (χ1) is 12.6. The topological polar surface area (TPSA) is 76.7 Å². The molecule has 0 saturated heterocycles. The van der Waals surface area contributed by atoms with Crippen molar-refractivity contribution in [3.05, 3.63) is 46.2 Å². The molecule has 0 atom stereocenters. The first-order valence-corrected chi connectivity index (χ1v) is 9.44. The van der Waals surface area contributed by atoms with Crippen LogP contribution in [0.3, 0.4) is 0 Å². The third-order valence-corrected chi connectivity index (χ3v) is 4.61. The molecule has 0 spiro atoms. The molecular formula is C19H24N2O4S. The number of hydrogen-bond acceptors (Lipinski definition) is 5.